The van der Waals surface area contributed by atoms with Crippen LogP contribution in [0.5, 0.6) is 0 Å². The highest BCUT2D eigenvalue weighted by molar-refractivity contribution is 5.98. The third-order valence-electron chi connectivity index (χ3n) is 4.70. The monoisotopic (exact) mass is 384 g/mol. The minimum atomic E-state index is -0.899. The zero-order chi connectivity index (χ0) is 20.5. The van der Waals surface area contributed by atoms with E-state index in [1.807, 2.05) is 53.5 Å². The standard InChI is InChI=1S/C20H36N2O5/c1-14-17(21-22-11-9-10-15(22)13-24-8)20(7,27-19(5,6)25-14)12-16(23)26-18(2,3)4/h14-15H,9-13H2,1-8H3/t14-,15-,20+/m0/s1. The second-order valence-corrected chi connectivity index (χ2v) is 9.16. The van der Waals surface area contributed by atoms with Gasteiger partial charge in [0, 0.05) is 13.7 Å². The Morgan fingerprint density at radius 3 is 2.59 bits per heavy atom. The van der Waals surface area contributed by atoms with Gasteiger partial charge in [0.2, 0.25) is 0 Å². The number of hydrazone groups is 1. The molecule has 2 rings (SSSR count). The van der Waals surface area contributed by atoms with Gasteiger partial charge in [0.05, 0.1) is 24.8 Å². The summed E-state index contributed by atoms with van der Waals surface area (Å²) in [5.41, 5.74) is -0.727. The predicted molar refractivity (Wildman–Crippen MR) is 104 cm³/mol. The van der Waals surface area contributed by atoms with Gasteiger partial charge in [-0.05, 0) is 61.3 Å². The van der Waals surface area contributed by atoms with Crippen LogP contribution in [0, 0.1) is 0 Å². The number of esters is 1. The van der Waals surface area contributed by atoms with E-state index in [1.54, 1.807) is 7.11 Å². The van der Waals surface area contributed by atoms with E-state index in [0.717, 1.165) is 25.1 Å². The molecule has 0 aromatic heterocycles. The Kier molecular flexibility index (Phi) is 6.59. The smallest absolute Gasteiger partial charge is 0.309 e. The Hall–Kier alpha value is -1.18. The number of carbonyl (C=O) groups excluding carboxylic acids is 1. The molecule has 3 atom stereocenters. The van der Waals surface area contributed by atoms with Gasteiger partial charge in [0.25, 0.3) is 0 Å². The summed E-state index contributed by atoms with van der Waals surface area (Å²) in [5, 5.41) is 6.95. The van der Waals surface area contributed by atoms with Crippen LogP contribution >= 0.6 is 0 Å². The average Bonchev–Trinajstić information content (AvgIpc) is 2.87. The Balaban J connectivity index is 2.30. The molecule has 7 nitrogen and oxygen atoms in total. The van der Waals surface area contributed by atoms with Crippen LogP contribution in [0.1, 0.15) is 67.7 Å². The van der Waals surface area contributed by atoms with Crippen molar-refractivity contribution in [2.75, 3.05) is 20.3 Å². The highest BCUT2D eigenvalue weighted by Crippen LogP contribution is 2.36. The summed E-state index contributed by atoms with van der Waals surface area (Å²) < 4.78 is 23.1. The molecule has 2 heterocycles. The second-order valence-electron chi connectivity index (χ2n) is 9.16. The van der Waals surface area contributed by atoms with Crippen LogP contribution in [0.2, 0.25) is 0 Å². The summed E-state index contributed by atoms with van der Waals surface area (Å²) in [7, 11) is 1.70. The number of nitrogens with zero attached hydrogens (tertiary/aromatic N) is 2. The van der Waals surface area contributed by atoms with Crippen LogP contribution in [0.15, 0.2) is 5.10 Å². The fourth-order valence-electron chi connectivity index (χ4n) is 3.95. The third kappa shape index (κ3) is 5.90. The van der Waals surface area contributed by atoms with Crippen LogP contribution in [-0.2, 0) is 23.7 Å². The summed E-state index contributed by atoms with van der Waals surface area (Å²) in [6.07, 6.45) is 1.91. The average molecular weight is 385 g/mol. The first-order valence-corrected chi connectivity index (χ1v) is 9.80. The van der Waals surface area contributed by atoms with Gasteiger partial charge in [-0.3, -0.25) is 9.80 Å². The number of rotatable bonds is 5. The largest absolute Gasteiger partial charge is 0.460 e. The summed E-state index contributed by atoms with van der Waals surface area (Å²) in [6.45, 7) is 14.6. The molecule has 2 saturated heterocycles. The summed E-state index contributed by atoms with van der Waals surface area (Å²) in [6, 6.07) is 0.232. The summed E-state index contributed by atoms with van der Waals surface area (Å²) >= 11 is 0. The maximum Gasteiger partial charge on any atom is 0.309 e. The van der Waals surface area contributed by atoms with E-state index >= 15 is 0 Å². The van der Waals surface area contributed by atoms with Crippen molar-refractivity contribution in [1.29, 1.82) is 0 Å². The number of carbonyl (C=O) groups is 1. The highest BCUT2D eigenvalue weighted by atomic mass is 16.7. The van der Waals surface area contributed by atoms with Crippen molar-refractivity contribution in [3.8, 4) is 0 Å². The zero-order valence-electron chi connectivity index (χ0n) is 18.1. The topological polar surface area (TPSA) is 69.6 Å². The lowest BCUT2D eigenvalue weighted by Gasteiger charge is -2.47. The first-order valence-electron chi connectivity index (χ1n) is 9.80. The third-order valence-corrected chi connectivity index (χ3v) is 4.70. The molecule has 27 heavy (non-hydrogen) atoms. The molecule has 156 valence electrons. The zero-order valence-corrected chi connectivity index (χ0v) is 18.1. The van der Waals surface area contributed by atoms with Gasteiger partial charge in [0.1, 0.15) is 17.3 Å². The molecule has 2 aliphatic heterocycles. The maximum atomic E-state index is 12.6. The molecule has 0 aromatic rings. The molecule has 0 bridgehead atoms. The van der Waals surface area contributed by atoms with Crippen LogP contribution in [-0.4, -0.2) is 66.1 Å². The second kappa shape index (κ2) is 8.05. The first-order chi connectivity index (χ1) is 12.4. The Morgan fingerprint density at radius 2 is 2.00 bits per heavy atom. The SMILES string of the molecule is COC[C@@H]1CCCN1N=C1[C@H](C)OC(C)(C)O[C@]1(C)CC(=O)OC(C)(C)C. The molecular formula is C20H36N2O5. The minimum absolute atomic E-state index is 0.0863. The molecule has 0 aromatic carbocycles. The van der Waals surface area contributed by atoms with Crippen molar-refractivity contribution < 1.29 is 23.7 Å². The number of ether oxygens (including phenoxy) is 4. The number of hydrogen-bond donors (Lipinski definition) is 0. The van der Waals surface area contributed by atoms with E-state index in [1.165, 1.54) is 0 Å². The highest BCUT2D eigenvalue weighted by Gasteiger charge is 2.49. The number of methoxy groups -OCH3 is 1. The molecule has 0 radical (unpaired) electrons. The van der Waals surface area contributed by atoms with Crippen molar-refractivity contribution in [3.63, 3.8) is 0 Å². The van der Waals surface area contributed by atoms with Crippen molar-refractivity contribution >= 4 is 11.7 Å². The molecule has 0 N–H and O–H groups in total. The molecule has 7 heteroatoms. The van der Waals surface area contributed by atoms with Gasteiger partial charge in [-0.25, -0.2) is 0 Å². The quantitative estimate of drug-likeness (QED) is 0.679. The van der Waals surface area contributed by atoms with Crippen LogP contribution < -0.4 is 0 Å². The molecule has 2 aliphatic rings. The van der Waals surface area contributed by atoms with Gasteiger partial charge in [-0.1, -0.05) is 0 Å². The summed E-state index contributed by atoms with van der Waals surface area (Å²) in [5.74, 6) is -1.12. The van der Waals surface area contributed by atoms with E-state index in [2.05, 4.69) is 0 Å². The lowest BCUT2D eigenvalue weighted by Crippen LogP contribution is -2.59. The van der Waals surface area contributed by atoms with Crippen LogP contribution in [0.3, 0.4) is 0 Å². The van der Waals surface area contributed by atoms with Gasteiger partial charge in [-0.15, -0.1) is 0 Å². The lowest BCUT2D eigenvalue weighted by atomic mass is 9.90. The molecule has 0 aliphatic carbocycles. The normalized spacial score (nSPS) is 32.7. The van der Waals surface area contributed by atoms with Crippen molar-refractivity contribution in [3.05, 3.63) is 0 Å². The molecule has 0 spiro atoms. The lowest BCUT2D eigenvalue weighted by molar-refractivity contribution is -0.280. The van der Waals surface area contributed by atoms with Crippen molar-refractivity contribution in [1.82, 2.24) is 5.01 Å². The Labute approximate surface area is 163 Å². The van der Waals surface area contributed by atoms with Crippen LogP contribution in [0.25, 0.3) is 0 Å². The van der Waals surface area contributed by atoms with E-state index in [9.17, 15) is 4.79 Å². The Morgan fingerprint density at radius 1 is 1.33 bits per heavy atom. The maximum absolute atomic E-state index is 12.6. The fraction of sp³-hybridized carbons (Fsp3) is 0.900. The van der Waals surface area contributed by atoms with Gasteiger partial charge in [0.15, 0.2) is 5.79 Å². The van der Waals surface area contributed by atoms with E-state index in [-0.39, 0.29) is 24.5 Å². The fourth-order valence-corrected chi connectivity index (χ4v) is 3.95. The molecule has 2 fully saturated rings. The van der Waals surface area contributed by atoms with Crippen LogP contribution in [0.4, 0.5) is 0 Å². The van der Waals surface area contributed by atoms with Crippen molar-refractivity contribution in [2.24, 2.45) is 5.10 Å². The Bertz CT molecular complexity index is 569. The molecular weight excluding hydrogens is 348 g/mol. The van der Waals surface area contributed by atoms with Gasteiger partial charge < -0.3 is 18.9 Å². The molecule has 0 amide bonds. The molecule has 0 unspecified atom stereocenters. The van der Waals surface area contributed by atoms with Crippen molar-refractivity contribution in [2.45, 2.75) is 96.9 Å². The first kappa shape index (κ1) is 22.1. The minimum Gasteiger partial charge on any atom is -0.460 e. The van der Waals surface area contributed by atoms with E-state index < -0.39 is 17.0 Å². The van der Waals surface area contributed by atoms with E-state index in [4.69, 9.17) is 24.0 Å². The van der Waals surface area contributed by atoms with Gasteiger partial charge in [-0.2, -0.15) is 5.10 Å². The van der Waals surface area contributed by atoms with Gasteiger partial charge >= 0.3 is 5.97 Å². The predicted octanol–water partition coefficient (Wildman–Crippen LogP) is 3.12. The summed E-state index contributed by atoms with van der Waals surface area (Å²) in [4.78, 5) is 12.6. The molecule has 0 saturated carbocycles. The van der Waals surface area contributed by atoms with E-state index in [0.29, 0.717) is 6.61 Å². The number of hydrogen-bond acceptors (Lipinski definition) is 7.